The lowest BCUT2D eigenvalue weighted by Crippen LogP contribution is -2.34. The minimum Gasteiger partial charge on any atom is -0.313 e. The summed E-state index contributed by atoms with van der Waals surface area (Å²) in [5.41, 5.74) is -0.669. The van der Waals surface area contributed by atoms with Crippen LogP contribution in [0.5, 0.6) is 0 Å². The van der Waals surface area contributed by atoms with E-state index in [1.165, 1.54) is 6.20 Å². The van der Waals surface area contributed by atoms with Crippen LogP contribution in [0.2, 0.25) is 0 Å². The molecule has 60 valence electrons. The molecule has 0 spiro atoms. The summed E-state index contributed by atoms with van der Waals surface area (Å²) in [6, 6.07) is 0. The molecule has 0 radical (unpaired) electrons. The normalized spacial score (nSPS) is 10.0. The molecule has 0 fully saturated rings. The third-order valence-corrected chi connectivity index (χ3v) is 1.90. The molecule has 0 amide bonds. The van der Waals surface area contributed by atoms with Gasteiger partial charge in [-0.25, -0.2) is 4.79 Å². The van der Waals surface area contributed by atoms with Crippen LogP contribution in [0.15, 0.2) is 20.3 Å². The van der Waals surface area contributed by atoms with Crippen LogP contribution in [0.25, 0.3) is 0 Å². The van der Waals surface area contributed by atoms with Gasteiger partial charge in [0.25, 0.3) is 5.56 Å². The Morgan fingerprint density at radius 3 is 2.73 bits per heavy atom. The molecule has 1 N–H and O–H groups in total. The molecule has 11 heavy (non-hydrogen) atoms. The second-order valence-electron chi connectivity index (χ2n) is 1.99. The number of H-pyrrole nitrogens is 1. The Morgan fingerprint density at radius 2 is 2.27 bits per heavy atom. The molecule has 0 atom stereocenters. The number of rotatable bonds is 1. The zero-order chi connectivity index (χ0) is 8.43. The van der Waals surface area contributed by atoms with Crippen LogP contribution in [0.3, 0.4) is 0 Å². The zero-order valence-corrected chi connectivity index (χ0v) is 7.51. The van der Waals surface area contributed by atoms with Crippen LogP contribution < -0.4 is 11.2 Å². The van der Waals surface area contributed by atoms with Crippen molar-refractivity contribution in [2.24, 2.45) is 0 Å². The third-order valence-electron chi connectivity index (χ3n) is 1.33. The van der Waals surface area contributed by atoms with Gasteiger partial charge >= 0.3 is 5.69 Å². The van der Waals surface area contributed by atoms with Crippen LogP contribution in [-0.4, -0.2) is 9.55 Å². The fourth-order valence-corrected chi connectivity index (χ4v) is 1.10. The molecule has 5 heteroatoms. The van der Waals surface area contributed by atoms with Crippen LogP contribution in [0.4, 0.5) is 0 Å². The van der Waals surface area contributed by atoms with Crippen molar-refractivity contribution >= 4 is 15.9 Å². The van der Waals surface area contributed by atoms with E-state index in [-0.39, 0.29) is 11.2 Å². The molecule has 0 aromatic carbocycles. The first-order valence-corrected chi connectivity index (χ1v) is 3.94. The number of aromatic nitrogens is 2. The second kappa shape index (κ2) is 3.04. The molecule has 0 saturated carbocycles. The summed E-state index contributed by atoms with van der Waals surface area (Å²) in [6.45, 7) is 2.12. The number of hydrogen-bond acceptors (Lipinski definition) is 2. The highest BCUT2D eigenvalue weighted by Crippen LogP contribution is 1.95. The molecule has 1 aromatic rings. The lowest BCUT2D eigenvalue weighted by molar-refractivity contribution is 0.668. The van der Waals surface area contributed by atoms with E-state index >= 15 is 0 Å². The standard InChI is InChI=1S/C6H7BrN2O2/c1-2-9-5(10)4(7)3-8-6(9)11/h3H,2H2,1H3,(H,8,11). The smallest absolute Gasteiger partial charge is 0.313 e. The molecule has 1 heterocycles. The maximum absolute atomic E-state index is 11.1. The largest absolute Gasteiger partial charge is 0.328 e. The van der Waals surface area contributed by atoms with Gasteiger partial charge in [-0.3, -0.25) is 9.36 Å². The molecule has 0 bridgehead atoms. The van der Waals surface area contributed by atoms with Gasteiger partial charge in [0.05, 0.1) is 4.47 Å². The van der Waals surface area contributed by atoms with Gasteiger partial charge in [0.1, 0.15) is 0 Å². The van der Waals surface area contributed by atoms with Crippen LogP contribution in [0.1, 0.15) is 6.92 Å². The Kier molecular flexibility index (Phi) is 2.28. The predicted molar refractivity (Wildman–Crippen MR) is 44.7 cm³/mol. The number of hydrogen-bond donors (Lipinski definition) is 1. The summed E-state index contributed by atoms with van der Waals surface area (Å²) < 4.78 is 1.49. The molecule has 0 aliphatic heterocycles. The van der Waals surface area contributed by atoms with Gasteiger partial charge in [-0.05, 0) is 22.9 Å². The summed E-state index contributed by atoms with van der Waals surface area (Å²) in [7, 11) is 0. The van der Waals surface area contributed by atoms with Gasteiger partial charge < -0.3 is 4.98 Å². The Labute approximate surface area is 71.0 Å². The summed E-state index contributed by atoms with van der Waals surface area (Å²) in [6.07, 6.45) is 1.34. The van der Waals surface area contributed by atoms with Crippen LogP contribution in [0, 0.1) is 0 Å². The average Bonchev–Trinajstić information content (AvgIpc) is 1.99. The van der Waals surface area contributed by atoms with Gasteiger partial charge in [0.15, 0.2) is 0 Å². The summed E-state index contributed by atoms with van der Waals surface area (Å²) in [5.74, 6) is 0. The highest BCUT2D eigenvalue weighted by atomic mass is 79.9. The van der Waals surface area contributed by atoms with Gasteiger partial charge in [0, 0.05) is 12.7 Å². The highest BCUT2D eigenvalue weighted by Gasteiger charge is 2.00. The molecule has 1 rings (SSSR count). The molecular formula is C6H7BrN2O2. The van der Waals surface area contributed by atoms with Crippen molar-refractivity contribution in [2.45, 2.75) is 13.5 Å². The summed E-state index contributed by atoms with van der Waals surface area (Å²) in [4.78, 5) is 24.4. The van der Waals surface area contributed by atoms with Crippen LogP contribution in [-0.2, 0) is 6.54 Å². The predicted octanol–water partition coefficient (Wildman–Crippen LogP) is 0.319. The van der Waals surface area contributed by atoms with E-state index in [1.54, 1.807) is 6.92 Å². The highest BCUT2D eigenvalue weighted by molar-refractivity contribution is 9.10. The number of aromatic amines is 1. The maximum atomic E-state index is 11.1. The SMILES string of the molecule is CCn1c(=O)[nH]cc(Br)c1=O. The molecular weight excluding hydrogens is 212 g/mol. The van der Waals surface area contributed by atoms with Gasteiger partial charge in [0.2, 0.25) is 0 Å². The monoisotopic (exact) mass is 218 g/mol. The summed E-state index contributed by atoms with van der Waals surface area (Å²) >= 11 is 3.02. The quantitative estimate of drug-likeness (QED) is 0.739. The second-order valence-corrected chi connectivity index (χ2v) is 2.85. The van der Waals surface area contributed by atoms with E-state index in [2.05, 4.69) is 20.9 Å². The van der Waals surface area contributed by atoms with Crippen LogP contribution >= 0.6 is 15.9 Å². The first kappa shape index (κ1) is 8.26. The number of nitrogens with zero attached hydrogens (tertiary/aromatic N) is 1. The van der Waals surface area contributed by atoms with E-state index in [1.807, 2.05) is 0 Å². The van der Waals surface area contributed by atoms with Crippen molar-refractivity contribution in [3.05, 3.63) is 31.5 Å². The van der Waals surface area contributed by atoms with Crippen molar-refractivity contribution < 1.29 is 0 Å². The van der Waals surface area contributed by atoms with Crippen molar-refractivity contribution in [1.29, 1.82) is 0 Å². The average molecular weight is 219 g/mol. The molecule has 0 saturated heterocycles. The maximum Gasteiger partial charge on any atom is 0.328 e. The Bertz CT molecular complexity index is 366. The van der Waals surface area contributed by atoms with E-state index in [4.69, 9.17) is 0 Å². The van der Waals surface area contributed by atoms with Crippen molar-refractivity contribution in [2.75, 3.05) is 0 Å². The first-order chi connectivity index (χ1) is 5.16. The Balaban J connectivity index is 3.55. The van der Waals surface area contributed by atoms with Crippen molar-refractivity contribution in [1.82, 2.24) is 9.55 Å². The number of nitrogens with one attached hydrogen (secondary N) is 1. The van der Waals surface area contributed by atoms with Crippen molar-refractivity contribution in [3.63, 3.8) is 0 Å². The lowest BCUT2D eigenvalue weighted by Gasteiger charge is -1.98. The fraction of sp³-hybridized carbons (Fsp3) is 0.333. The van der Waals surface area contributed by atoms with Gasteiger partial charge in [-0.1, -0.05) is 0 Å². The minimum atomic E-state index is -0.374. The Morgan fingerprint density at radius 1 is 1.64 bits per heavy atom. The van der Waals surface area contributed by atoms with Gasteiger partial charge in [-0.2, -0.15) is 0 Å². The zero-order valence-electron chi connectivity index (χ0n) is 5.93. The number of halogens is 1. The fourth-order valence-electron chi connectivity index (χ4n) is 0.773. The molecule has 0 unspecified atom stereocenters. The molecule has 0 aliphatic carbocycles. The van der Waals surface area contributed by atoms with Crippen molar-refractivity contribution in [3.8, 4) is 0 Å². The van der Waals surface area contributed by atoms with E-state index < -0.39 is 0 Å². The first-order valence-electron chi connectivity index (χ1n) is 3.15. The molecule has 0 aliphatic rings. The molecule has 4 nitrogen and oxygen atoms in total. The lowest BCUT2D eigenvalue weighted by atomic mass is 10.6. The molecule has 1 aromatic heterocycles. The Hall–Kier alpha value is -0.840. The third kappa shape index (κ3) is 1.42. The van der Waals surface area contributed by atoms with E-state index in [9.17, 15) is 9.59 Å². The minimum absolute atomic E-state index is 0.295. The van der Waals surface area contributed by atoms with Gasteiger partial charge in [-0.15, -0.1) is 0 Å². The summed E-state index contributed by atoms with van der Waals surface area (Å²) in [5, 5.41) is 0. The van der Waals surface area contributed by atoms with E-state index in [0.29, 0.717) is 11.0 Å². The topological polar surface area (TPSA) is 54.9 Å². The van der Waals surface area contributed by atoms with E-state index in [0.717, 1.165) is 4.57 Å².